The van der Waals surface area contributed by atoms with Gasteiger partial charge in [-0.05, 0) is 39.7 Å². The van der Waals surface area contributed by atoms with Crippen molar-refractivity contribution in [1.82, 2.24) is 15.6 Å². The normalized spacial score (nSPS) is 12.4. The van der Waals surface area contributed by atoms with Gasteiger partial charge < -0.3 is 15.4 Å². The lowest BCUT2D eigenvalue weighted by molar-refractivity contribution is 0.0646. The quantitative estimate of drug-likeness (QED) is 0.228. The fourth-order valence-corrected chi connectivity index (χ4v) is 3.43. The zero-order chi connectivity index (χ0) is 18.8. The molecule has 0 saturated carbocycles. The molecule has 0 aliphatic heterocycles. The lowest BCUT2D eigenvalue weighted by Crippen LogP contribution is -2.38. The highest BCUT2D eigenvalue weighted by atomic mass is 127. The van der Waals surface area contributed by atoms with Crippen molar-refractivity contribution in [2.45, 2.75) is 46.8 Å². The minimum atomic E-state index is 0. The van der Waals surface area contributed by atoms with Gasteiger partial charge in [0.25, 0.3) is 0 Å². The van der Waals surface area contributed by atoms with Gasteiger partial charge in [-0.15, -0.1) is 35.3 Å². The third-order valence-electron chi connectivity index (χ3n) is 3.97. The first-order valence-electron chi connectivity index (χ1n) is 9.21. The van der Waals surface area contributed by atoms with Crippen LogP contribution in [-0.4, -0.2) is 30.6 Å². The molecule has 27 heavy (non-hydrogen) atoms. The molecule has 0 saturated heterocycles. The summed E-state index contributed by atoms with van der Waals surface area (Å²) >= 11 is 1.71. The van der Waals surface area contributed by atoms with E-state index in [1.807, 2.05) is 32.0 Å². The Labute approximate surface area is 184 Å². The van der Waals surface area contributed by atoms with Gasteiger partial charge in [0.1, 0.15) is 0 Å². The number of hydrogen-bond acceptors (Lipinski definition) is 4. The molecule has 150 valence electrons. The number of ether oxygens (including phenoxy) is 1. The first-order chi connectivity index (χ1) is 12.6. The average Bonchev–Trinajstić information content (AvgIpc) is 2.97. The van der Waals surface area contributed by atoms with Crippen LogP contribution < -0.4 is 10.6 Å². The smallest absolute Gasteiger partial charge is 0.191 e. The molecule has 1 aromatic heterocycles. The Bertz CT molecular complexity index is 691. The van der Waals surface area contributed by atoms with Gasteiger partial charge in [-0.1, -0.05) is 30.3 Å². The number of halogens is 1. The molecule has 1 aromatic carbocycles. The summed E-state index contributed by atoms with van der Waals surface area (Å²) in [4.78, 5) is 10.3. The standard InChI is InChI=1S/C20H30N4OS.HI/c1-5-21-20(23-14-19-15(2)24-17(4)26-19)22-12-9-13-25-16(3)18-10-7-6-8-11-18;/h6-8,10-11,16H,5,9,12-14H2,1-4H3,(H2,21,22,23);1H. The second-order valence-electron chi connectivity index (χ2n) is 6.14. The van der Waals surface area contributed by atoms with Crippen molar-refractivity contribution in [3.05, 3.63) is 51.5 Å². The van der Waals surface area contributed by atoms with Crippen molar-refractivity contribution in [2.75, 3.05) is 19.7 Å². The van der Waals surface area contributed by atoms with Crippen molar-refractivity contribution < 1.29 is 4.74 Å². The molecule has 1 atom stereocenters. The van der Waals surface area contributed by atoms with Crippen LogP contribution in [0.4, 0.5) is 0 Å². The van der Waals surface area contributed by atoms with Crippen LogP contribution in [0.5, 0.6) is 0 Å². The van der Waals surface area contributed by atoms with E-state index in [0.29, 0.717) is 6.54 Å². The van der Waals surface area contributed by atoms with Crippen LogP contribution in [-0.2, 0) is 11.3 Å². The van der Waals surface area contributed by atoms with Crippen molar-refractivity contribution in [3.63, 3.8) is 0 Å². The number of benzene rings is 1. The van der Waals surface area contributed by atoms with Gasteiger partial charge in [0.2, 0.25) is 0 Å². The fraction of sp³-hybridized carbons (Fsp3) is 0.500. The van der Waals surface area contributed by atoms with Crippen LogP contribution in [0.2, 0.25) is 0 Å². The summed E-state index contributed by atoms with van der Waals surface area (Å²) in [6.07, 6.45) is 1.05. The zero-order valence-electron chi connectivity index (χ0n) is 16.6. The SMILES string of the molecule is CCNC(=NCc1sc(C)nc1C)NCCCOC(C)c1ccccc1.I. The van der Waals surface area contributed by atoms with Crippen molar-refractivity contribution in [1.29, 1.82) is 0 Å². The van der Waals surface area contributed by atoms with E-state index in [1.54, 1.807) is 11.3 Å². The van der Waals surface area contributed by atoms with Crippen LogP contribution in [0.25, 0.3) is 0 Å². The van der Waals surface area contributed by atoms with Crippen LogP contribution >= 0.6 is 35.3 Å². The monoisotopic (exact) mass is 502 g/mol. The minimum Gasteiger partial charge on any atom is -0.374 e. The number of aliphatic imine (C=N–C) groups is 1. The highest BCUT2D eigenvalue weighted by molar-refractivity contribution is 14.0. The Hall–Kier alpha value is -1.19. The summed E-state index contributed by atoms with van der Waals surface area (Å²) < 4.78 is 5.91. The van der Waals surface area contributed by atoms with Gasteiger partial charge in [0.15, 0.2) is 5.96 Å². The van der Waals surface area contributed by atoms with Crippen LogP contribution in [0.3, 0.4) is 0 Å². The van der Waals surface area contributed by atoms with E-state index in [0.717, 1.165) is 42.8 Å². The molecule has 0 amide bonds. The fourth-order valence-electron chi connectivity index (χ4n) is 2.57. The molecule has 7 heteroatoms. The lowest BCUT2D eigenvalue weighted by atomic mass is 10.1. The maximum atomic E-state index is 5.91. The van der Waals surface area contributed by atoms with Gasteiger partial charge in [0, 0.05) is 24.6 Å². The molecule has 1 unspecified atom stereocenters. The topological polar surface area (TPSA) is 58.5 Å². The molecule has 2 rings (SSSR count). The van der Waals surface area contributed by atoms with E-state index in [1.165, 1.54) is 10.4 Å². The number of rotatable bonds is 9. The Morgan fingerprint density at radius 3 is 2.59 bits per heavy atom. The molecular formula is C20H31IN4OS. The molecular weight excluding hydrogens is 471 g/mol. The molecule has 0 aliphatic carbocycles. The van der Waals surface area contributed by atoms with Crippen molar-refractivity contribution in [3.8, 4) is 0 Å². The van der Waals surface area contributed by atoms with E-state index in [4.69, 9.17) is 4.74 Å². The minimum absolute atomic E-state index is 0. The average molecular weight is 502 g/mol. The van der Waals surface area contributed by atoms with Crippen LogP contribution in [0.1, 0.15) is 47.5 Å². The van der Waals surface area contributed by atoms with Gasteiger partial charge in [-0.25, -0.2) is 9.98 Å². The number of aryl methyl sites for hydroxylation is 2. The number of hydrogen-bond donors (Lipinski definition) is 2. The summed E-state index contributed by atoms with van der Waals surface area (Å²) in [6, 6.07) is 10.3. The molecule has 2 aromatic rings. The molecule has 1 heterocycles. The number of aromatic nitrogens is 1. The molecule has 0 fully saturated rings. The third-order valence-corrected chi connectivity index (χ3v) is 5.03. The van der Waals surface area contributed by atoms with E-state index in [-0.39, 0.29) is 30.1 Å². The maximum absolute atomic E-state index is 5.91. The molecule has 2 N–H and O–H groups in total. The summed E-state index contributed by atoms with van der Waals surface area (Å²) in [5.74, 6) is 0.842. The Morgan fingerprint density at radius 2 is 1.96 bits per heavy atom. The Morgan fingerprint density at radius 1 is 1.22 bits per heavy atom. The summed E-state index contributed by atoms with van der Waals surface area (Å²) in [5.41, 5.74) is 2.29. The molecule has 0 radical (unpaired) electrons. The largest absolute Gasteiger partial charge is 0.374 e. The summed E-state index contributed by atoms with van der Waals surface area (Å²) in [5, 5.41) is 7.75. The lowest BCUT2D eigenvalue weighted by Gasteiger charge is -2.14. The van der Waals surface area contributed by atoms with Crippen molar-refractivity contribution in [2.24, 2.45) is 4.99 Å². The molecule has 0 bridgehead atoms. The number of thiazole rings is 1. The van der Waals surface area contributed by atoms with E-state index in [2.05, 4.69) is 46.6 Å². The second-order valence-corrected chi connectivity index (χ2v) is 7.43. The van der Waals surface area contributed by atoms with Crippen LogP contribution in [0, 0.1) is 13.8 Å². The Balaban J connectivity index is 0.00000364. The Kier molecular flexibility index (Phi) is 11.5. The van der Waals surface area contributed by atoms with Gasteiger partial charge >= 0.3 is 0 Å². The van der Waals surface area contributed by atoms with E-state index in [9.17, 15) is 0 Å². The van der Waals surface area contributed by atoms with Crippen LogP contribution in [0.15, 0.2) is 35.3 Å². The molecule has 5 nitrogen and oxygen atoms in total. The highest BCUT2D eigenvalue weighted by Gasteiger charge is 2.06. The molecule has 0 spiro atoms. The van der Waals surface area contributed by atoms with Gasteiger partial charge in [0.05, 0.1) is 23.4 Å². The predicted octanol–water partition coefficient (Wildman–Crippen LogP) is 4.60. The number of guanidine groups is 1. The first kappa shape index (κ1) is 23.8. The maximum Gasteiger partial charge on any atom is 0.191 e. The predicted molar refractivity (Wildman–Crippen MR) is 125 cm³/mol. The number of nitrogens with zero attached hydrogens (tertiary/aromatic N) is 2. The van der Waals surface area contributed by atoms with E-state index >= 15 is 0 Å². The zero-order valence-corrected chi connectivity index (χ0v) is 19.8. The highest BCUT2D eigenvalue weighted by Crippen LogP contribution is 2.18. The number of nitrogens with one attached hydrogen (secondary N) is 2. The third kappa shape index (κ3) is 8.57. The molecule has 0 aliphatic rings. The summed E-state index contributed by atoms with van der Waals surface area (Å²) in [6.45, 7) is 11.3. The summed E-state index contributed by atoms with van der Waals surface area (Å²) in [7, 11) is 0. The van der Waals surface area contributed by atoms with E-state index < -0.39 is 0 Å². The second kappa shape index (κ2) is 13.1. The van der Waals surface area contributed by atoms with Gasteiger partial charge in [-0.3, -0.25) is 0 Å². The first-order valence-corrected chi connectivity index (χ1v) is 10.0. The van der Waals surface area contributed by atoms with Gasteiger partial charge in [-0.2, -0.15) is 0 Å². The van der Waals surface area contributed by atoms with Crippen molar-refractivity contribution >= 4 is 41.3 Å².